The van der Waals surface area contributed by atoms with Crippen molar-refractivity contribution in [2.75, 3.05) is 0 Å². The Kier molecular flexibility index (Phi) is 22.5. The summed E-state index contributed by atoms with van der Waals surface area (Å²) in [5, 5.41) is 14.5. The third-order valence-electron chi connectivity index (χ3n) is 15.3. The zero-order valence-corrected chi connectivity index (χ0v) is 56.9. The molecule has 0 saturated carbocycles. The predicted octanol–water partition coefficient (Wildman–Crippen LogP) is 14.2. The van der Waals surface area contributed by atoms with E-state index in [9.17, 15) is 33.7 Å². The summed E-state index contributed by atoms with van der Waals surface area (Å²) >= 11 is 4.89. The molecule has 12 rings (SSSR count). The van der Waals surface area contributed by atoms with Gasteiger partial charge in [-0.25, -0.2) is 53.6 Å². The predicted molar refractivity (Wildman–Crippen MR) is 365 cm³/mol. The molecule has 0 bridgehead atoms. The van der Waals surface area contributed by atoms with Crippen molar-refractivity contribution in [2.24, 2.45) is 0 Å². The van der Waals surface area contributed by atoms with E-state index in [1.54, 1.807) is 71.2 Å². The van der Waals surface area contributed by atoms with Gasteiger partial charge in [0.15, 0.2) is 0 Å². The molecule has 28 heteroatoms. The van der Waals surface area contributed by atoms with Crippen LogP contribution in [-0.2, 0) is 39.3 Å². The third kappa shape index (κ3) is 15.2. The summed E-state index contributed by atoms with van der Waals surface area (Å²) in [6.45, 7) is 22.0. The highest BCUT2D eigenvalue weighted by molar-refractivity contribution is 7.95. The summed E-state index contributed by atoms with van der Waals surface area (Å²) in [7, 11) is -14.0. The number of aryl methyl sites for hydroxylation is 4. The number of aromatic nitrogens is 12. The van der Waals surface area contributed by atoms with Crippen LogP contribution in [0.4, 0.5) is 0 Å². The van der Waals surface area contributed by atoms with Gasteiger partial charge in [-0.1, -0.05) is 63.4 Å². The van der Waals surface area contributed by atoms with Crippen molar-refractivity contribution < 1.29 is 33.7 Å². The summed E-state index contributed by atoms with van der Waals surface area (Å²) in [5.41, 5.74) is 6.93. The monoisotopic (exact) mass is 1370 g/mol. The average molecular weight is 1370 g/mol. The molecular formula is C62H76N12O8S8. The van der Waals surface area contributed by atoms with E-state index < -0.39 is 60.3 Å². The molecule has 0 radical (unpaired) electrons. The highest BCUT2D eigenvalue weighted by Gasteiger charge is 2.36. The third-order valence-corrected chi connectivity index (χ3v) is 30.3. The summed E-state index contributed by atoms with van der Waals surface area (Å²) in [6.07, 6.45) is 14.3. The molecule has 0 aliphatic carbocycles. The molecule has 4 aromatic carbocycles. The maximum atomic E-state index is 12.8. The second-order valence-corrected chi connectivity index (χ2v) is 35.8. The minimum absolute atomic E-state index is 0. The van der Waals surface area contributed by atoms with E-state index in [2.05, 4.69) is 40.3 Å². The number of fused-ring (bicyclic) bond motifs is 4. The van der Waals surface area contributed by atoms with E-state index >= 15 is 0 Å². The van der Waals surface area contributed by atoms with E-state index in [0.717, 1.165) is 63.1 Å². The van der Waals surface area contributed by atoms with Gasteiger partial charge in [-0.15, -0.1) is 45.3 Å². The van der Waals surface area contributed by atoms with Crippen LogP contribution in [0.5, 0.6) is 0 Å². The van der Waals surface area contributed by atoms with Gasteiger partial charge < -0.3 is 0 Å². The lowest BCUT2D eigenvalue weighted by Crippen LogP contribution is -2.28. The van der Waals surface area contributed by atoms with Crippen LogP contribution in [-0.4, -0.2) is 114 Å². The first-order valence-corrected chi connectivity index (χ1v) is 37.4. The average Bonchev–Trinajstić information content (AvgIpc) is 2.35. The topological polar surface area (TPSA) is 259 Å². The van der Waals surface area contributed by atoms with Crippen LogP contribution in [0, 0.1) is 27.7 Å². The van der Waals surface area contributed by atoms with Crippen molar-refractivity contribution in [1.29, 1.82) is 0 Å². The van der Waals surface area contributed by atoms with Crippen LogP contribution in [0.1, 0.15) is 117 Å². The molecule has 480 valence electrons. The molecule has 8 aromatic heterocycles. The molecule has 0 amide bonds. The van der Waals surface area contributed by atoms with Crippen LogP contribution >= 0.6 is 45.3 Å². The molecule has 8 heterocycles. The molecule has 0 fully saturated rings. The maximum absolute atomic E-state index is 12.8. The summed E-state index contributed by atoms with van der Waals surface area (Å²) in [5.74, 6) is 0. The lowest BCUT2D eigenvalue weighted by molar-refractivity contribution is 0.464. The van der Waals surface area contributed by atoms with Gasteiger partial charge >= 0.3 is 0 Å². The molecular weight excluding hydrogens is 1300 g/mol. The van der Waals surface area contributed by atoms with Crippen molar-refractivity contribution in [3.8, 4) is 0 Å². The van der Waals surface area contributed by atoms with Crippen molar-refractivity contribution in [3.63, 3.8) is 0 Å². The van der Waals surface area contributed by atoms with Crippen molar-refractivity contribution >= 4 is 126 Å². The Morgan fingerprint density at radius 3 is 0.644 bits per heavy atom. The largest absolute Gasteiger partial charge is 0.268 e. The Bertz CT molecular complexity index is 4120. The zero-order valence-electron chi connectivity index (χ0n) is 50.4. The second-order valence-electron chi connectivity index (χ2n) is 21.7. The first-order chi connectivity index (χ1) is 41.6. The normalized spacial score (nSPS) is 14.7. The molecule has 0 spiro atoms. The smallest absolute Gasteiger partial charge is 0.210 e. The van der Waals surface area contributed by atoms with Crippen LogP contribution in [0.25, 0.3) is 40.9 Å². The standard InChI is InChI=1S/4C15H17N3O2S2.2CH4/c4*1-10-8-16-18(9-10)11(2)12(3)22(19,20)15-17-13-6-4-5-7-14(13)21-15;;/h4*4-9,11-12H,1-3H3;2*1H4/t2*11-,12+;2*11-,12-;;/m1010../s1. The molecule has 20 nitrogen and oxygen atoms in total. The summed E-state index contributed by atoms with van der Waals surface area (Å²) in [6, 6.07) is 28.8. The minimum atomic E-state index is -3.49. The fourth-order valence-corrected chi connectivity index (χ4v) is 21.3. The number of benzene rings is 4. The number of para-hydroxylation sites is 4. The minimum Gasteiger partial charge on any atom is -0.268 e. The Morgan fingerprint density at radius 2 is 0.489 bits per heavy atom. The van der Waals surface area contributed by atoms with Gasteiger partial charge in [-0.3, -0.25) is 18.7 Å². The van der Waals surface area contributed by atoms with Gasteiger partial charge in [0.25, 0.3) is 0 Å². The summed E-state index contributed by atoms with van der Waals surface area (Å²) < 4.78 is 114. The first-order valence-electron chi connectivity index (χ1n) is 28.0. The number of hydrogen-bond acceptors (Lipinski definition) is 20. The molecule has 0 aliphatic heterocycles. The van der Waals surface area contributed by atoms with Crippen molar-refractivity contribution in [2.45, 2.75) is 160 Å². The van der Waals surface area contributed by atoms with Gasteiger partial charge in [-0.05, 0) is 154 Å². The number of hydrogen-bond donors (Lipinski definition) is 0. The van der Waals surface area contributed by atoms with Crippen LogP contribution in [0.3, 0.4) is 0 Å². The van der Waals surface area contributed by atoms with E-state index in [-0.39, 0.29) is 56.4 Å². The van der Waals surface area contributed by atoms with E-state index in [4.69, 9.17) is 0 Å². The van der Waals surface area contributed by atoms with Crippen molar-refractivity contribution in [1.82, 2.24) is 59.1 Å². The van der Waals surface area contributed by atoms with Gasteiger partial charge in [0.1, 0.15) is 0 Å². The lowest BCUT2D eigenvalue weighted by Gasteiger charge is -2.19. The summed E-state index contributed by atoms with van der Waals surface area (Å²) in [4.78, 5) is 17.2. The Labute approximate surface area is 543 Å². The van der Waals surface area contributed by atoms with E-state index in [1.807, 2.05) is 177 Å². The van der Waals surface area contributed by atoms with Gasteiger partial charge in [0, 0.05) is 24.8 Å². The number of rotatable bonds is 16. The maximum Gasteiger partial charge on any atom is 0.210 e. The van der Waals surface area contributed by atoms with Gasteiger partial charge in [-0.2, -0.15) is 20.4 Å². The number of sulfone groups is 4. The molecule has 12 aromatic rings. The number of nitrogens with zero attached hydrogens (tertiary/aromatic N) is 12. The molecule has 0 aliphatic rings. The SMILES string of the molecule is C.C.Cc1cnn([C@@H](C)[C@@H](C)S(=O)(=O)c2nc3ccccc3s2)c1.Cc1cnn([C@@H](C)[C@H](C)S(=O)(=O)c2nc3ccccc3s2)c1.Cc1cnn([C@H](C)[C@@H](C)S(=O)(=O)c2nc3ccccc3s2)c1.Cc1cnn([C@H](C)[C@H](C)S(=O)(=O)c2nc3ccccc3s2)c1. The lowest BCUT2D eigenvalue weighted by atomic mass is 10.2. The van der Waals surface area contributed by atoms with E-state index in [1.165, 1.54) is 45.3 Å². The molecule has 0 saturated heterocycles. The van der Waals surface area contributed by atoms with Crippen LogP contribution in [0.2, 0.25) is 0 Å². The highest BCUT2D eigenvalue weighted by atomic mass is 32.3. The fraction of sp³-hybridized carbons (Fsp3) is 0.355. The highest BCUT2D eigenvalue weighted by Crippen LogP contribution is 2.35. The van der Waals surface area contributed by atoms with Gasteiger partial charge in [0.2, 0.25) is 56.7 Å². The number of thiazole rings is 4. The molecule has 90 heavy (non-hydrogen) atoms. The van der Waals surface area contributed by atoms with Crippen LogP contribution in [0.15, 0.2) is 164 Å². The first kappa shape index (κ1) is 70.5. The van der Waals surface area contributed by atoms with Crippen molar-refractivity contribution in [3.05, 3.63) is 169 Å². The quantitative estimate of drug-likeness (QED) is 0.0870. The van der Waals surface area contributed by atoms with Crippen LogP contribution < -0.4 is 0 Å². The molecule has 0 unspecified atom stereocenters. The fourth-order valence-electron chi connectivity index (χ4n) is 9.05. The Morgan fingerprint density at radius 1 is 0.311 bits per heavy atom. The second kappa shape index (κ2) is 28.7. The molecule has 0 N–H and O–H groups in total. The Balaban J connectivity index is 0.000000169. The zero-order chi connectivity index (χ0) is 63.6. The van der Waals surface area contributed by atoms with E-state index in [0.29, 0.717) is 0 Å². The molecule has 8 atom stereocenters. The Hall–Kier alpha value is -6.92. The van der Waals surface area contributed by atoms with Gasteiger partial charge in [0.05, 0.1) is 111 Å².